The van der Waals surface area contributed by atoms with Crippen LogP contribution in [0.2, 0.25) is 0 Å². The van der Waals surface area contributed by atoms with Gasteiger partial charge in [0.05, 0.1) is 5.75 Å². The Kier molecular flexibility index (Phi) is 7.37. The number of amides is 1. The van der Waals surface area contributed by atoms with Crippen molar-refractivity contribution in [3.05, 3.63) is 106 Å². The second-order valence-electron chi connectivity index (χ2n) is 7.61. The Balaban J connectivity index is 1.27. The molecule has 2 heterocycles. The number of nitrogens with zero attached hydrogens (tertiary/aromatic N) is 4. The van der Waals surface area contributed by atoms with Crippen LogP contribution in [0, 0.1) is 0 Å². The predicted molar refractivity (Wildman–Crippen MR) is 145 cm³/mol. The summed E-state index contributed by atoms with van der Waals surface area (Å²) in [7, 11) is 0. The molecule has 0 spiro atoms. The van der Waals surface area contributed by atoms with Gasteiger partial charge in [0.1, 0.15) is 0 Å². The standard InChI is InChI=1S/C26H20BrN5OS2/c27-20-13-11-18(12-14-20)15-22-16-28-25(35-22)29-23(33)17-34-26-31-30-24(19-7-3-1-4-8-19)32(26)21-9-5-2-6-10-21/h1-14,16H,15,17H2,(H,28,29,33). The van der Waals surface area contributed by atoms with Crippen molar-refractivity contribution >= 4 is 50.1 Å². The number of thioether (sulfide) groups is 1. The van der Waals surface area contributed by atoms with E-state index in [0.29, 0.717) is 10.3 Å². The smallest absolute Gasteiger partial charge is 0.236 e. The van der Waals surface area contributed by atoms with Gasteiger partial charge in [-0.15, -0.1) is 21.5 Å². The van der Waals surface area contributed by atoms with Crippen molar-refractivity contribution in [1.29, 1.82) is 0 Å². The van der Waals surface area contributed by atoms with Crippen LogP contribution < -0.4 is 5.32 Å². The van der Waals surface area contributed by atoms with Crippen LogP contribution in [0.4, 0.5) is 5.13 Å². The number of rotatable bonds is 8. The number of para-hydroxylation sites is 1. The Hall–Kier alpha value is -3.27. The number of halogens is 1. The summed E-state index contributed by atoms with van der Waals surface area (Å²) in [5, 5.41) is 13.0. The fraction of sp³-hybridized carbons (Fsp3) is 0.0769. The minimum Gasteiger partial charge on any atom is -0.301 e. The van der Waals surface area contributed by atoms with Crippen LogP contribution in [-0.2, 0) is 11.2 Å². The molecule has 0 saturated carbocycles. The zero-order valence-corrected chi connectivity index (χ0v) is 21.7. The third-order valence-electron chi connectivity index (χ3n) is 5.10. The Labute approximate surface area is 219 Å². The monoisotopic (exact) mass is 561 g/mol. The number of thiazole rings is 1. The van der Waals surface area contributed by atoms with Crippen LogP contribution in [-0.4, -0.2) is 31.4 Å². The zero-order valence-electron chi connectivity index (χ0n) is 18.5. The zero-order chi connectivity index (χ0) is 24.0. The first kappa shape index (κ1) is 23.5. The summed E-state index contributed by atoms with van der Waals surface area (Å²) in [6.45, 7) is 0. The number of hydrogen-bond donors (Lipinski definition) is 1. The van der Waals surface area contributed by atoms with E-state index in [1.54, 1.807) is 0 Å². The Morgan fingerprint density at radius 1 is 0.943 bits per heavy atom. The van der Waals surface area contributed by atoms with Gasteiger partial charge in [0.25, 0.3) is 0 Å². The fourth-order valence-electron chi connectivity index (χ4n) is 3.48. The molecule has 0 bridgehead atoms. The van der Waals surface area contributed by atoms with E-state index in [2.05, 4.69) is 48.6 Å². The molecule has 1 N–H and O–H groups in total. The van der Waals surface area contributed by atoms with Gasteiger partial charge in [-0.05, 0) is 29.8 Å². The summed E-state index contributed by atoms with van der Waals surface area (Å²) in [4.78, 5) is 18.1. The van der Waals surface area contributed by atoms with Crippen LogP contribution in [0.15, 0.2) is 101 Å². The number of aromatic nitrogens is 4. The number of anilines is 1. The van der Waals surface area contributed by atoms with Crippen molar-refractivity contribution < 1.29 is 4.79 Å². The highest BCUT2D eigenvalue weighted by molar-refractivity contribution is 9.10. The van der Waals surface area contributed by atoms with Crippen molar-refractivity contribution in [3.8, 4) is 17.1 Å². The molecule has 3 aromatic carbocycles. The lowest BCUT2D eigenvalue weighted by Gasteiger charge is -2.10. The normalized spacial score (nSPS) is 10.9. The molecule has 0 unspecified atom stereocenters. The van der Waals surface area contributed by atoms with Crippen LogP contribution in [0.25, 0.3) is 17.1 Å². The summed E-state index contributed by atoms with van der Waals surface area (Å²) in [6, 6.07) is 28.0. The van der Waals surface area contributed by atoms with E-state index in [-0.39, 0.29) is 11.7 Å². The van der Waals surface area contributed by atoms with E-state index in [0.717, 1.165) is 32.8 Å². The molecule has 0 saturated heterocycles. The van der Waals surface area contributed by atoms with E-state index in [1.165, 1.54) is 28.7 Å². The average molecular weight is 563 g/mol. The molecule has 6 nitrogen and oxygen atoms in total. The topological polar surface area (TPSA) is 72.7 Å². The maximum Gasteiger partial charge on any atom is 0.236 e. The van der Waals surface area contributed by atoms with Gasteiger partial charge in [-0.2, -0.15) is 0 Å². The van der Waals surface area contributed by atoms with Crippen molar-refractivity contribution in [2.45, 2.75) is 11.6 Å². The second-order valence-corrected chi connectivity index (χ2v) is 10.6. The molecule has 0 aliphatic heterocycles. The van der Waals surface area contributed by atoms with Crippen LogP contribution in [0.3, 0.4) is 0 Å². The molecule has 0 aliphatic carbocycles. The highest BCUT2D eigenvalue weighted by atomic mass is 79.9. The van der Waals surface area contributed by atoms with Crippen molar-refractivity contribution in [2.75, 3.05) is 11.1 Å². The number of carbonyl (C=O) groups excluding carboxylic acids is 1. The molecule has 2 aromatic heterocycles. The molecule has 0 radical (unpaired) electrons. The lowest BCUT2D eigenvalue weighted by atomic mass is 10.1. The quantitative estimate of drug-likeness (QED) is 0.219. The summed E-state index contributed by atoms with van der Waals surface area (Å²) in [5.74, 6) is 0.794. The molecular formula is C26H20BrN5OS2. The van der Waals surface area contributed by atoms with Crippen LogP contribution >= 0.6 is 39.0 Å². The van der Waals surface area contributed by atoms with Crippen LogP contribution in [0.1, 0.15) is 10.4 Å². The fourth-order valence-corrected chi connectivity index (χ4v) is 5.36. The molecule has 1 amide bonds. The molecule has 0 atom stereocenters. The highest BCUT2D eigenvalue weighted by Crippen LogP contribution is 2.28. The van der Waals surface area contributed by atoms with Gasteiger partial charge in [0.15, 0.2) is 16.1 Å². The summed E-state index contributed by atoms with van der Waals surface area (Å²) in [5.41, 5.74) is 3.10. The first-order valence-electron chi connectivity index (χ1n) is 10.8. The molecule has 5 rings (SSSR count). The molecule has 35 heavy (non-hydrogen) atoms. The van der Waals surface area contributed by atoms with Gasteiger partial charge in [-0.3, -0.25) is 9.36 Å². The van der Waals surface area contributed by atoms with E-state index in [9.17, 15) is 4.79 Å². The van der Waals surface area contributed by atoms with E-state index in [4.69, 9.17) is 0 Å². The molecule has 5 aromatic rings. The largest absolute Gasteiger partial charge is 0.301 e. The number of nitrogens with one attached hydrogen (secondary N) is 1. The third kappa shape index (κ3) is 5.87. The lowest BCUT2D eigenvalue weighted by molar-refractivity contribution is -0.113. The van der Waals surface area contributed by atoms with Gasteiger partial charge >= 0.3 is 0 Å². The molecular weight excluding hydrogens is 542 g/mol. The van der Waals surface area contributed by atoms with Gasteiger partial charge in [0, 0.05) is 33.2 Å². The number of hydrogen-bond acceptors (Lipinski definition) is 6. The highest BCUT2D eigenvalue weighted by Gasteiger charge is 2.17. The Morgan fingerprint density at radius 3 is 2.40 bits per heavy atom. The Morgan fingerprint density at radius 2 is 1.66 bits per heavy atom. The molecule has 0 fully saturated rings. The maximum atomic E-state index is 12.7. The first-order valence-corrected chi connectivity index (χ1v) is 13.4. The van der Waals surface area contributed by atoms with Gasteiger partial charge in [-0.1, -0.05) is 88.4 Å². The lowest BCUT2D eigenvalue weighted by Crippen LogP contribution is -2.14. The molecule has 174 valence electrons. The van der Waals surface area contributed by atoms with Gasteiger partial charge in [0.2, 0.25) is 5.91 Å². The maximum absolute atomic E-state index is 12.7. The number of benzene rings is 3. The minimum absolute atomic E-state index is 0.136. The van der Waals surface area contributed by atoms with Gasteiger partial charge < -0.3 is 5.32 Å². The van der Waals surface area contributed by atoms with Crippen molar-refractivity contribution in [3.63, 3.8) is 0 Å². The van der Waals surface area contributed by atoms with E-state index in [1.807, 2.05) is 83.6 Å². The average Bonchev–Trinajstić information content (AvgIpc) is 3.52. The first-order chi connectivity index (χ1) is 17.2. The minimum atomic E-state index is -0.136. The van der Waals surface area contributed by atoms with E-state index >= 15 is 0 Å². The third-order valence-corrected chi connectivity index (χ3v) is 7.47. The predicted octanol–water partition coefficient (Wildman–Crippen LogP) is 6.47. The molecule has 0 aliphatic rings. The summed E-state index contributed by atoms with van der Waals surface area (Å²) < 4.78 is 3.03. The SMILES string of the molecule is O=C(CSc1nnc(-c2ccccc2)n1-c1ccccc1)Nc1ncc(Cc2ccc(Br)cc2)s1. The van der Waals surface area contributed by atoms with E-state index < -0.39 is 0 Å². The van der Waals surface area contributed by atoms with Crippen molar-refractivity contribution in [2.24, 2.45) is 0 Å². The van der Waals surface area contributed by atoms with Gasteiger partial charge in [-0.25, -0.2) is 4.98 Å². The second kappa shape index (κ2) is 11.0. The number of carbonyl (C=O) groups is 1. The summed E-state index contributed by atoms with van der Waals surface area (Å²) in [6.07, 6.45) is 2.59. The van der Waals surface area contributed by atoms with Crippen molar-refractivity contribution in [1.82, 2.24) is 19.7 Å². The molecule has 9 heteroatoms. The van der Waals surface area contributed by atoms with Crippen LogP contribution in [0.5, 0.6) is 0 Å². The Bertz CT molecular complexity index is 1420. The summed E-state index contributed by atoms with van der Waals surface area (Å²) >= 11 is 6.29.